The summed E-state index contributed by atoms with van der Waals surface area (Å²) in [6.07, 6.45) is 0.561. The van der Waals surface area contributed by atoms with Crippen molar-refractivity contribution in [3.05, 3.63) is 64.7 Å². The molecule has 0 bridgehead atoms. The van der Waals surface area contributed by atoms with Crippen LogP contribution in [0.25, 0.3) is 0 Å². The number of rotatable bonds is 4. The molecule has 1 aliphatic rings. The van der Waals surface area contributed by atoms with Gasteiger partial charge in [0.25, 0.3) is 0 Å². The fraction of sp³-hybridized carbons (Fsp3) is 0.333. The van der Waals surface area contributed by atoms with E-state index in [0.29, 0.717) is 17.0 Å². The first kappa shape index (κ1) is 17.3. The number of fused-ring (bicyclic) bond motifs is 1. The van der Waals surface area contributed by atoms with Gasteiger partial charge in [0.15, 0.2) is 0 Å². The molecule has 3 rings (SSSR count). The third-order valence-corrected chi connectivity index (χ3v) is 5.70. The topological polar surface area (TPSA) is 55.4 Å². The van der Waals surface area contributed by atoms with Gasteiger partial charge in [-0.05, 0) is 31.5 Å². The molecular formula is C18H20ClNO3S. The minimum absolute atomic E-state index is 0.146. The van der Waals surface area contributed by atoms with Crippen molar-refractivity contribution in [3.8, 4) is 5.75 Å². The summed E-state index contributed by atoms with van der Waals surface area (Å²) in [5.41, 5.74) is 1.01. The number of para-hydroxylation sites is 1. The molecule has 6 heteroatoms. The second-order valence-corrected chi connectivity index (χ2v) is 8.79. The summed E-state index contributed by atoms with van der Waals surface area (Å²) >= 11 is 6.09. The summed E-state index contributed by atoms with van der Waals surface area (Å²) < 4.78 is 34.0. The van der Waals surface area contributed by atoms with Gasteiger partial charge in [0, 0.05) is 17.0 Å². The lowest BCUT2D eigenvalue weighted by Gasteiger charge is -2.37. The predicted octanol–water partition coefficient (Wildman–Crippen LogP) is 4.06. The van der Waals surface area contributed by atoms with Crippen LogP contribution in [0.2, 0.25) is 5.02 Å². The number of benzene rings is 2. The minimum Gasteiger partial charge on any atom is -0.487 e. The molecular weight excluding hydrogens is 346 g/mol. The summed E-state index contributed by atoms with van der Waals surface area (Å²) in [4.78, 5) is 0. The van der Waals surface area contributed by atoms with E-state index in [0.717, 1.165) is 11.3 Å². The maximum atomic E-state index is 12.6. The van der Waals surface area contributed by atoms with E-state index in [1.54, 1.807) is 24.3 Å². The first-order chi connectivity index (χ1) is 11.3. The van der Waals surface area contributed by atoms with Crippen LogP contribution in [0.3, 0.4) is 0 Å². The Morgan fingerprint density at radius 2 is 1.83 bits per heavy atom. The van der Waals surface area contributed by atoms with Crippen molar-refractivity contribution in [1.29, 1.82) is 0 Å². The van der Waals surface area contributed by atoms with Gasteiger partial charge in [-0.15, -0.1) is 0 Å². The van der Waals surface area contributed by atoms with Crippen molar-refractivity contribution in [2.24, 2.45) is 0 Å². The third-order valence-electron chi connectivity index (χ3n) is 4.00. The Morgan fingerprint density at radius 3 is 2.58 bits per heavy atom. The van der Waals surface area contributed by atoms with Crippen LogP contribution in [0.5, 0.6) is 5.75 Å². The standard InChI is InChI=1S/C18H20ClNO3S/c1-18(2)11-16(14-8-4-6-10-17(14)23-18)20-24(21,22)12-13-7-3-5-9-15(13)19/h3-10,16,20H,11-12H2,1-2H3/t16-/m1/s1. The van der Waals surface area contributed by atoms with E-state index in [-0.39, 0.29) is 11.8 Å². The fourth-order valence-electron chi connectivity index (χ4n) is 2.99. The van der Waals surface area contributed by atoms with E-state index in [9.17, 15) is 8.42 Å². The van der Waals surface area contributed by atoms with Crippen molar-refractivity contribution >= 4 is 21.6 Å². The number of nitrogens with one attached hydrogen (secondary N) is 1. The lowest BCUT2D eigenvalue weighted by molar-refractivity contribution is 0.0702. The molecule has 1 heterocycles. The van der Waals surface area contributed by atoms with Crippen molar-refractivity contribution in [3.63, 3.8) is 0 Å². The SMILES string of the molecule is CC1(C)C[C@@H](NS(=O)(=O)Cc2ccccc2Cl)c2ccccc2O1. The molecule has 0 saturated carbocycles. The van der Waals surface area contributed by atoms with Crippen LogP contribution in [0, 0.1) is 0 Å². The molecule has 1 aliphatic heterocycles. The van der Waals surface area contributed by atoms with Gasteiger partial charge in [-0.3, -0.25) is 0 Å². The maximum absolute atomic E-state index is 12.6. The highest BCUT2D eigenvalue weighted by Crippen LogP contribution is 2.39. The van der Waals surface area contributed by atoms with Crippen LogP contribution in [-0.4, -0.2) is 14.0 Å². The van der Waals surface area contributed by atoms with Gasteiger partial charge in [-0.25, -0.2) is 13.1 Å². The number of sulfonamides is 1. The second-order valence-electron chi connectivity index (χ2n) is 6.62. The predicted molar refractivity (Wildman–Crippen MR) is 95.7 cm³/mol. The van der Waals surface area contributed by atoms with E-state index in [2.05, 4.69) is 4.72 Å². The van der Waals surface area contributed by atoms with Crippen molar-refractivity contribution in [2.75, 3.05) is 0 Å². The lowest BCUT2D eigenvalue weighted by atomic mass is 9.90. The van der Waals surface area contributed by atoms with Crippen molar-refractivity contribution in [2.45, 2.75) is 37.7 Å². The Kier molecular flexibility index (Phi) is 4.60. The van der Waals surface area contributed by atoms with Crippen LogP contribution in [0.1, 0.15) is 37.4 Å². The molecule has 1 N–H and O–H groups in total. The molecule has 0 saturated heterocycles. The van der Waals surface area contributed by atoms with Crippen molar-refractivity contribution < 1.29 is 13.2 Å². The Labute approximate surface area is 147 Å². The Bertz CT molecular complexity index is 849. The zero-order chi connectivity index (χ0) is 17.4. The molecule has 0 spiro atoms. The highest BCUT2D eigenvalue weighted by Gasteiger charge is 2.35. The first-order valence-corrected chi connectivity index (χ1v) is 9.80. The van der Waals surface area contributed by atoms with Gasteiger partial charge >= 0.3 is 0 Å². The Morgan fingerprint density at radius 1 is 1.17 bits per heavy atom. The monoisotopic (exact) mass is 365 g/mol. The average Bonchev–Trinajstić information content (AvgIpc) is 2.48. The fourth-order valence-corrected chi connectivity index (χ4v) is 4.66. The summed E-state index contributed by atoms with van der Waals surface area (Å²) in [5, 5.41) is 0.454. The van der Waals surface area contributed by atoms with Crippen LogP contribution in [-0.2, 0) is 15.8 Å². The molecule has 128 valence electrons. The van der Waals surface area contributed by atoms with E-state index in [4.69, 9.17) is 16.3 Å². The van der Waals surface area contributed by atoms with Gasteiger partial charge in [-0.1, -0.05) is 48.0 Å². The zero-order valence-electron chi connectivity index (χ0n) is 13.6. The largest absolute Gasteiger partial charge is 0.487 e. The number of ether oxygens (including phenoxy) is 1. The third kappa shape index (κ3) is 3.91. The van der Waals surface area contributed by atoms with Crippen LogP contribution in [0.15, 0.2) is 48.5 Å². The summed E-state index contributed by atoms with van der Waals surface area (Å²) in [6, 6.07) is 14.2. The molecule has 0 unspecified atom stereocenters. The van der Waals surface area contributed by atoms with Gasteiger partial charge in [0.2, 0.25) is 10.0 Å². The first-order valence-electron chi connectivity index (χ1n) is 7.77. The average molecular weight is 366 g/mol. The van der Waals surface area contributed by atoms with Gasteiger partial charge in [-0.2, -0.15) is 0 Å². The van der Waals surface area contributed by atoms with Crippen LogP contribution in [0.4, 0.5) is 0 Å². The smallest absolute Gasteiger partial charge is 0.216 e. The van der Waals surface area contributed by atoms with Crippen molar-refractivity contribution in [1.82, 2.24) is 4.72 Å². The molecule has 4 nitrogen and oxygen atoms in total. The Hall–Kier alpha value is -1.56. The van der Waals surface area contributed by atoms with E-state index >= 15 is 0 Å². The highest BCUT2D eigenvalue weighted by molar-refractivity contribution is 7.88. The number of hydrogen-bond acceptors (Lipinski definition) is 3. The molecule has 1 atom stereocenters. The molecule has 2 aromatic carbocycles. The molecule has 0 radical (unpaired) electrons. The van der Waals surface area contributed by atoms with Gasteiger partial charge in [0.05, 0.1) is 11.8 Å². The molecule has 2 aromatic rings. The molecule has 24 heavy (non-hydrogen) atoms. The summed E-state index contributed by atoms with van der Waals surface area (Å²) in [5.74, 6) is 0.575. The highest BCUT2D eigenvalue weighted by atomic mass is 35.5. The molecule has 0 aliphatic carbocycles. The lowest BCUT2D eigenvalue weighted by Crippen LogP contribution is -2.41. The normalized spacial score (nSPS) is 19.4. The summed E-state index contributed by atoms with van der Waals surface area (Å²) in [6.45, 7) is 3.91. The number of hydrogen-bond donors (Lipinski definition) is 1. The zero-order valence-corrected chi connectivity index (χ0v) is 15.2. The molecule has 0 fully saturated rings. The minimum atomic E-state index is -3.54. The quantitative estimate of drug-likeness (QED) is 0.888. The van der Waals surface area contributed by atoms with E-state index < -0.39 is 15.6 Å². The van der Waals surface area contributed by atoms with Crippen LogP contribution < -0.4 is 9.46 Å². The van der Waals surface area contributed by atoms with Gasteiger partial charge < -0.3 is 4.74 Å². The summed E-state index contributed by atoms with van der Waals surface area (Å²) in [7, 11) is -3.54. The molecule has 0 aromatic heterocycles. The second kappa shape index (κ2) is 6.39. The number of halogens is 1. The van der Waals surface area contributed by atoms with Gasteiger partial charge in [0.1, 0.15) is 11.4 Å². The molecule has 0 amide bonds. The van der Waals surface area contributed by atoms with E-state index in [1.165, 1.54) is 0 Å². The van der Waals surface area contributed by atoms with Crippen LogP contribution >= 0.6 is 11.6 Å². The maximum Gasteiger partial charge on any atom is 0.216 e. The Balaban J connectivity index is 1.86. The van der Waals surface area contributed by atoms with E-state index in [1.807, 2.05) is 38.1 Å².